The van der Waals surface area contributed by atoms with Gasteiger partial charge in [-0.15, -0.1) is 0 Å². The van der Waals surface area contributed by atoms with Gasteiger partial charge in [0.2, 0.25) is 0 Å². The molecule has 7 heteroatoms. The summed E-state index contributed by atoms with van der Waals surface area (Å²) < 4.78 is 28.5. The van der Waals surface area contributed by atoms with Gasteiger partial charge >= 0.3 is 0 Å². The van der Waals surface area contributed by atoms with Gasteiger partial charge in [0.05, 0.1) is 0 Å². The van der Waals surface area contributed by atoms with E-state index < -0.39 is 11.6 Å². The molecular weight excluding hydrogens is 326 g/mol. The summed E-state index contributed by atoms with van der Waals surface area (Å²) in [5.41, 5.74) is 0.193. The lowest BCUT2D eigenvalue weighted by Crippen LogP contribution is -2.49. The second-order valence-electron chi connectivity index (χ2n) is 6.15. The Bertz CT molecular complexity index is 738. The number of carbonyl (C=O) groups is 1. The van der Waals surface area contributed by atoms with Crippen molar-refractivity contribution in [1.82, 2.24) is 19.4 Å². The van der Waals surface area contributed by atoms with E-state index in [-0.39, 0.29) is 11.5 Å². The molecule has 0 saturated carbocycles. The molecule has 1 saturated heterocycles. The topological polar surface area (TPSA) is 41.4 Å². The van der Waals surface area contributed by atoms with Crippen LogP contribution < -0.4 is 0 Å². The number of imidazole rings is 1. The van der Waals surface area contributed by atoms with Gasteiger partial charge in [0.15, 0.2) is 11.6 Å². The number of aryl methyl sites for hydroxylation is 1. The third kappa shape index (κ3) is 4.04. The van der Waals surface area contributed by atoms with E-state index in [1.807, 2.05) is 12.4 Å². The minimum Gasteiger partial charge on any atom is -0.336 e. The zero-order chi connectivity index (χ0) is 17.8. The summed E-state index contributed by atoms with van der Waals surface area (Å²) in [6, 6.07) is 3.29. The molecule has 2 heterocycles. The Kier molecular flexibility index (Phi) is 5.43. The lowest BCUT2D eigenvalue weighted by molar-refractivity contribution is 0.0632. The molecule has 1 fully saturated rings. The van der Waals surface area contributed by atoms with Crippen molar-refractivity contribution in [2.24, 2.45) is 0 Å². The lowest BCUT2D eigenvalue weighted by Gasteiger charge is -2.34. The Hall–Kier alpha value is -2.28. The molecule has 0 radical (unpaired) electrons. The molecule has 3 rings (SSSR count). The Morgan fingerprint density at radius 1 is 1.12 bits per heavy atom. The maximum absolute atomic E-state index is 13.3. The van der Waals surface area contributed by atoms with Gasteiger partial charge in [0.25, 0.3) is 5.91 Å². The van der Waals surface area contributed by atoms with Crippen LogP contribution in [0.15, 0.2) is 30.6 Å². The fourth-order valence-electron chi connectivity index (χ4n) is 3.09. The zero-order valence-electron chi connectivity index (χ0n) is 14.3. The lowest BCUT2D eigenvalue weighted by atomic mass is 10.1. The van der Waals surface area contributed by atoms with Gasteiger partial charge in [-0.25, -0.2) is 13.8 Å². The Morgan fingerprint density at radius 2 is 1.88 bits per heavy atom. The van der Waals surface area contributed by atoms with Crippen LogP contribution in [0.2, 0.25) is 0 Å². The number of aromatic nitrogens is 2. The molecule has 1 aliphatic rings. The summed E-state index contributed by atoms with van der Waals surface area (Å²) in [6.45, 7) is 6.57. The van der Waals surface area contributed by atoms with Crippen LogP contribution in [-0.2, 0) is 13.0 Å². The van der Waals surface area contributed by atoms with Crippen LogP contribution >= 0.6 is 0 Å². The molecule has 134 valence electrons. The largest absolute Gasteiger partial charge is 0.336 e. The highest BCUT2D eigenvalue weighted by Gasteiger charge is 2.22. The fourth-order valence-corrected chi connectivity index (χ4v) is 3.09. The van der Waals surface area contributed by atoms with Gasteiger partial charge in [-0.05, 0) is 18.2 Å². The predicted molar refractivity (Wildman–Crippen MR) is 90.3 cm³/mol. The molecular formula is C18H22F2N4O. The minimum atomic E-state index is -0.989. The average molecular weight is 348 g/mol. The molecule has 0 spiro atoms. The first-order valence-electron chi connectivity index (χ1n) is 8.55. The van der Waals surface area contributed by atoms with Crippen molar-refractivity contribution >= 4 is 5.91 Å². The zero-order valence-corrected chi connectivity index (χ0v) is 14.3. The van der Waals surface area contributed by atoms with Crippen LogP contribution in [0.1, 0.15) is 23.1 Å². The number of rotatable bonds is 5. The smallest absolute Gasteiger partial charge is 0.254 e. The molecule has 25 heavy (non-hydrogen) atoms. The van der Waals surface area contributed by atoms with E-state index >= 15 is 0 Å². The summed E-state index contributed by atoms with van der Waals surface area (Å²) in [6.07, 6.45) is 4.71. The highest BCUT2D eigenvalue weighted by atomic mass is 19.2. The minimum absolute atomic E-state index is 0.193. The summed E-state index contributed by atoms with van der Waals surface area (Å²) in [5, 5.41) is 0. The summed E-state index contributed by atoms with van der Waals surface area (Å²) >= 11 is 0. The van der Waals surface area contributed by atoms with Crippen molar-refractivity contribution in [2.45, 2.75) is 19.9 Å². The second-order valence-corrected chi connectivity index (χ2v) is 6.15. The fraction of sp³-hybridized carbons (Fsp3) is 0.444. The molecule has 1 aliphatic heterocycles. The van der Waals surface area contributed by atoms with Gasteiger partial charge < -0.3 is 9.47 Å². The second kappa shape index (κ2) is 7.74. The maximum Gasteiger partial charge on any atom is 0.254 e. The molecule has 5 nitrogen and oxygen atoms in total. The van der Waals surface area contributed by atoms with Crippen LogP contribution in [0.25, 0.3) is 0 Å². The number of carbonyl (C=O) groups excluding carboxylic acids is 1. The molecule has 0 N–H and O–H groups in total. The average Bonchev–Trinajstić information content (AvgIpc) is 3.09. The van der Waals surface area contributed by atoms with Crippen molar-refractivity contribution in [3.8, 4) is 0 Å². The Labute approximate surface area is 145 Å². The molecule has 0 bridgehead atoms. The van der Waals surface area contributed by atoms with Crippen molar-refractivity contribution in [1.29, 1.82) is 0 Å². The van der Waals surface area contributed by atoms with Crippen LogP contribution in [0.3, 0.4) is 0 Å². The number of hydrogen-bond donors (Lipinski definition) is 0. The van der Waals surface area contributed by atoms with Crippen molar-refractivity contribution in [3.05, 3.63) is 53.6 Å². The third-order valence-corrected chi connectivity index (χ3v) is 4.60. The van der Waals surface area contributed by atoms with Crippen LogP contribution in [0, 0.1) is 11.6 Å². The number of hydrogen-bond acceptors (Lipinski definition) is 3. The van der Waals surface area contributed by atoms with Gasteiger partial charge in [-0.1, -0.05) is 6.92 Å². The summed E-state index contributed by atoms with van der Waals surface area (Å²) in [4.78, 5) is 20.7. The van der Waals surface area contributed by atoms with E-state index in [4.69, 9.17) is 0 Å². The van der Waals surface area contributed by atoms with Gasteiger partial charge in [0.1, 0.15) is 5.82 Å². The molecule has 1 amide bonds. The molecule has 0 aliphatic carbocycles. The van der Waals surface area contributed by atoms with Gasteiger partial charge in [-0.2, -0.15) is 0 Å². The van der Waals surface area contributed by atoms with E-state index in [2.05, 4.69) is 21.4 Å². The molecule has 0 atom stereocenters. The first kappa shape index (κ1) is 17.5. The number of amides is 1. The van der Waals surface area contributed by atoms with Crippen LogP contribution in [-0.4, -0.2) is 58.0 Å². The highest BCUT2D eigenvalue weighted by molar-refractivity contribution is 5.94. The summed E-state index contributed by atoms with van der Waals surface area (Å²) in [7, 11) is 0. The molecule has 1 aromatic carbocycles. The Balaban J connectivity index is 1.51. The standard InChI is InChI=1S/C18H22F2N4O/c1-2-17-21-5-6-23(17)10-7-22-8-11-24(12-9-22)18(25)14-3-4-15(19)16(20)13-14/h3-6,13H,2,7-12H2,1H3. The predicted octanol–water partition coefficient (Wildman–Crippen LogP) is 2.18. The van der Waals surface area contributed by atoms with Crippen molar-refractivity contribution in [2.75, 3.05) is 32.7 Å². The van der Waals surface area contributed by atoms with E-state index in [0.29, 0.717) is 13.1 Å². The molecule has 0 unspecified atom stereocenters. The van der Waals surface area contributed by atoms with Gasteiger partial charge in [0, 0.05) is 63.6 Å². The van der Waals surface area contributed by atoms with E-state index in [1.54, 1.807) is 4.90 Å². The SMILES string of the molecule is CCc1nccn1CCN1CCN(C(=O)c2ccc(F)c(F)c2)CC1. The number of nitrogens with zero attached hydrogens (tertiary/aromatic N) is 4. The van der Waals surface area contributed by atoms with Crippen LogP contribution in [0.5, 0.6) is 0 Å². The highest BCUT2D eigenvalue weighted by Crippen LogP contribution is 2.13. The van der Waals surface area contributed by atoms with Crippen molar-refractivity contribution < 1.29 is 13.6 Å². The quantitative estimate of drug-likeness (QED) is 0.832. The number of benzene rings is 1. The van der Waals surface area contributed by atoms with E-state index in [0.717, 1.165) is 50.6 Å². The number of piperazine rings is 1. The monoisotopic (exact) mass is 348 g/mol. The first-order chi connectivity index (χ1) is 12.1. The van der Waals surface area contributed by atoms with Crippen molar-refractivity contribution in [3.63, 3.8) is 0 Å². The normalized spacial score (nSPS) is 15.6. The summed E-state index contributed by atoms with van der Waals surface area (Å²) in [5.74, 6) is -1.10. The van der Waals surface area contributed by atoms with Gasteiger partial charge in [-0.3, -0.25) is 9.69 Å². The molecule has 1 aromatic heterocycles. The van der Waals surface area contributed by atoms with E-state index in [1.165, 1.54) is 6.07 Å². The number of halogens is 2. The Morgan fingerprint density at radius 3 is 2.56 bits per heavy atom. The molecule has 2 aromatic rings. The first-order valence-corrected chi connectivity index (χ1v) is 8.55. The van der Waals surface area contributed by atoms with Crippen LogP contribution in [0.4, 0.5) is 8.78 Å². The third-order valence-electron chi connectivity index (χ3n) is 4.60. The van der Waals surface area contributed by atoms with E-state index in [9.17, 15) is 13.6 Å². The maximum atomic E-state index is 13.3.